The van der Waals surface area contributed by atoms with Crippen LogP contribution in [0.4, 0.5) is 0 Å². The number of aryl methyl sites for hydroxylation is 1. The number of hydrogen-bond acceptors (Lipinski definition) is 4. The van der Waals surface area contributed by atoms with Crippen molar-refractivity contribution in [3.8, 4) is 11.3 Å². The third-order valence-electron chi connectivity index (χ3n) is 2.12. The van der Waals surface area contributed by atoms with Gasteiger partial charge in [-0.1, -0.05) is 5.16 Å². The topological polar surface area (TPSA) is 59.2 Å². The molecule has 0 saturated carbocycles. The van der Waals surface area contributed by atoms with E-state index < -0.39 is 0 Å². The number of rotatable bonds is 3. The number of pyridine rings is 1. The van der Waals surface area contributed by atoms with Gasteiger partial charge in [-0.05, 0) is 19.1 Å². The second kappa shape index (κ2) is 4.23. The van der Waals surface area contributed by atoms with Gasteiger partial charge in [0.15, 0.2) is 0 Å². The molecule has 0 saturated heterocycles. The average Bonchev–Trinajstić information content (AvgIpc) is 2.68. The summed E-state index contributed by atoms with van der Waals surface area (Å²) in [6, 6.07) is 5.70. The maximum absolute atomic E-state index is 8.74. The highest BCUT2D eigenvalue weighted by Gasteiger charge is 2.05. The molecule has 2 rings (SSSR count). The zero-order valence-corrected chi connectivity index (χ0v) is 8.47. The van der Waals surface area contributed by atoms with Crippen LogP contribution >= 0.6 is 0 Å². The first-order chi connectivity index (χ1) is 7.29. The smallest absolute Gasteiger partial charge is 0.139 e. The van der Waals surface area contributed by atoms with Gasteiger partial charge in [0, 0.05) is 29.9 Å². The van der Waals surface area contributed by atoms with Gasteiger partial charge in [-0.2, -0.15) is 0 Å². The van der Waals surface area contributed by atoms with Gasteiger partial charge in [0.2, 0.25) is 0 Å². The minimum atomic E-state index is 0.0702. The molecule has 2 aromatic rings. The van der Waals surface area contributed by atoms with E-state index >= 15 is 0 Å². The van der Waals surface area contributed by atoms with E-state index in [1.54, 1.807) is 6.20 Å². The molecule has 0 atom stereocenters. The summed E-state index contributed by atoms with van der Waals surface area (Å²) < 4.78 is 5.05. The second-order valence-electron chi connectivity index (χ2n) is 3.34. The zero-order valence-electron chi connectivity index (χ0n) is 8.47. The standard InChI is InChI=1S/C11H12N2O2/c1-8-2-3-9(7-12-8)11-6-10(4-5-14)15-13-11/h2-3,6-7,14H,4-5H2,1H3. The molecule has 0 spiro atoms. The third kappa shape index (κ3) is 2.22. The van der Waals surface area contributed by atoms with Crippen molar-refractivity contribution in [3.63, 3.8) is 0 Å². The van der Waals surface area contributed by atoms with Crippen molar-refractivity contribution in [1.29, 1.82) is 0 Å². The lowest BCUT2D eigenvalue weighted by Gasteiger charge is -1.94. The molecular formula is C11H12N2O2. The molecule has 0 amide bonds. The van der Waals surface area contributed by atoms with Crippen LogP contribution in [-0.2, 0) is 6.42 Å². The predicted octanol–water partition coefficient (Wildman–Crippen LogP) is 1.58. The number of aliphatic hydroxyl groups is 1. The molecule has 0 fully saturated rings. The van der Waals surface area contributed by atoms with Crippen LogP contribution in [0.15, 0.2) is 28.9 Å². The molecule has 0 bridgehead atoms. The van der Waals surface area contributed by atoms with Gasteiger partial charge in [0.1, 0.15) is 11.5 Å². The normalized spacial score (nSPS) is 10.5. The van der Waals surface area contributed by atoms with Crippen LogP contribution in [0.25, 0.3) is 11.3 Å². The van der Waals surface area contributed by atoms with Crippen molar-refractivity contribution in [2.75, 3.05) is 6.61 Å². The van der Waals surface area contributed by atoms with Crippen LogP contribution in [0.2, 0.25) is 0 Å². The monoisotopic (exact) mass is 204 g/mol. The first-order valence-corrected chi connectivity index (χ1v) is 4.79. The second-order valence-corrected chi connectivity index (χ2v) is 3.34. The quantitative estimate of drug-likeness (QED) is 0.824. The van der Waals surface area contributed by atoms with Gasteiger partial charge < -0.3 is 9.63 Å². The van der Waals surface area contributed by atoms with Crippen molar-refractivity contribution in [2.24, 2.45) is 0 Å². The Hall–Kier alpha value is -1.68. The Bertz CT molecular complexity index is 434. The van der Waals surface area contributed by atoms with Crippen molar-refractivity contribution < 1.29 is 9.63 Å². The summed E-state index contributed by atoms with van der Waals surface area (Å²) in [7, 11) is 0. The van der Waals surface area contributed by atoms with Crippen molar-refractivity contribution >= 4 is 0 Å². The Morgan fingerprint density at radius 3 is 2.93 bits per heavy atom. The Morgan fingerprint density at radius 2 is 2.27 bits per heavy atom. The van der Waals surface area contributed by atoms with Gasteiger partial charge >= 0.3 is 0 Å². The SMILES string of the molecule is Cc1ccc(-c2cc(CCO)on2)cn1. The number of hydrogen-bond donors (Lipinski definition) is 1. The summed E-state index contributed by atoms with van der Waals surface area (Å²) in [5, 5.41) is 12.6. The van der Waals surface area contributed by atoms with E-state index in [2.05, 4.69) is 10.1 Å². The molecule has 1 N–H and O–H groups in total. The molecule has 0 unspecified atom stereocenters. The molecule has 4 heteroatoms. The molecule has 4 nitrogen and oxygen atoms in total. The molecule has 0 radical (unpaired) electrons. The predicted molar refractivity (Wildman–Crippen MR) is 55.3 cm³/mol. The van der Waals surface area contributed by atoms with Crippen LogP contribution in [0.5, 0.6) is 0 Å². The van der Waals surface area contributed by atoms with E-state index in [0.29, 0.717) is 12.2 Å². The van der Waals surface area contributed by atoms with E-state index in [0.717, 1.165) is 17.0 Å². The van der Waals surface area contributed by atoms with Gasteiger partial charge in [0.05, 0.1) is 6.61 Å². The fraction of sp³-hybridized carbons (Fsp3) is 0.273. The lowest BCUT2D eigenvalue weighted by Crippen LogP contribution is -1.86. The van der Waals surface area contributed by atoms with Gasteiger partial charge in [0.25, 0.3) is 0 Å². The summed E-state index contributed by atoms with van der Waals surface area (Å²) in [4.78, 5) is 4.18. The first-order valence-electron chi connectivity index (χ1n) is 4.79. The highest BCUT2D eigenvalue weighted by atomic mass is 16.5. The fourth-order valence-electron chi connectivity index (χ4n) is 1.30. The molecule has 0 aliphatic rings. The molecule has 15 heavy (non-hydrogen) atoms. The molecule has 2 aromatic heterocycles. The van der Waals surface area contributed by atoms with Crippen molar-refractivity contribution in [3.05, 3.63) is 35.9 Å². The number of aliphatic hydroxyl groups excluding tert-OH is 1. The Kier molecular flexibility index (Phi) is 2.78. The van der Waals surface area contributed by atoms with E-state index in [4.69, 9.17) is 9.63 Å². The summed E-state index contributed by atoms with van der Waals surface area (Å²) in [5.41, 5.74) is 2.65. The van der Waals surface area contributed by atoms with E-state index in [1.807, 2.05) is 25.1 Å². The maximum Gasteiger partial charge on any atom is 0.139 e. The van der Waals surface area contributed by atoms with Crippen molar-refractivity contribution in [1.82, 2.24) is 10.1 Å². The zero-order chi connectivity index (χ0) is 10.7. The first kappa shape index (κ1) is 9.86. The molecule has 0 aromatic carbocycles. The fourth-order valence-corrected chi connectivity index (χ4v) is 1.30. The Labute approximate surface area is 87.6 Å². The van der Waals surface area contributed by atoms with Gasteiger partial charge in [-0.3, -0.25) is 4.98 Å². The Morgan fingerprint density at radius 1 is 1.40 bits per heavy atom. The lowest BCUT2D eigenvalue weighted by molar-refractivity contribution is 0.277. The van der Waals surface area contributed by atoms with E-state index in [1.165, 1.54) is 0 Å². The van der Waals surface area contributed by atoms with Crippen molar-refractivity contribution in [2.45, 2.75) is 13.3 Å². The summed E-state index contributed by atoms with van der Waals surface area (Å²) in [6.45, 7) is 2.00. The van der Waals surface area contributed by atoms with Gasteiger partial charge in [-0.25, -0.2) is 0 Å². The third-order valence-corrected chi connectivity index (χ3v) is 2.12. The van der Waals surface area contributed by atoms with E-state index in [-0.39, 0.29) is 6.61 Å². The van der Waals surface area contributed by atoms with Crippen LogP contribution in [0, 0.1) is 6.92 Å². The summed E-state index contributed by atoms with van der Waals surface area (Å²) in [5.74, 6) is 0.688. The highest BCUT2D eigenvalue weighted by Crippen LogP contribution is 2.18. The van der Waals surface area contributed by atoms with Crippen LogP contribution in [0.3, 0.4) is 0 Å². The molecule has 0 aliphatic carbocycles. The minimum absolute atomic E-state index is 0.0702. The Balaban J connectivity index is 2.25. The van der Waals surface area contributed by atoms with Crippen LogP contribution in [-0.4, -0.2) is 21.9 Å². The summed E-state index contributed by atoms with van der Waals surface area (Å²) >= 11 is 0. The molecule has 2 heterocycles. The molecular weight excluding hydrogens is 192 g/mol. The number of nitrogens with zero attached hydrogens (tertiary/aromatic N) is 2. The number of aromatic nitrogens is 2. The highest BCUT2D eigenvalue weighted by molar-refractivity contribution is 5.57. The maximum atomic E-state index is 8.74. The van der Waals surface area contributed by atoms with Crippen LogP contribution < -0.4 is 0 Å². The summed E-state index contributed by atoms with van der Waals surface area (Å²) in [6.07, 6.45) is 2.25. The minimum Gasteiger partial charge on any atom is -0.396 e. The van der Waals surface area contributed by atoms with E-state index in [9.17, 15) is 0 Å². The lowest BCUT2D eigenvalue weighted by atomic mass is 10.2. The average molecular weight is 204 g/mol. The largest absolute Gasteiger partial charge is 0.396 e. The van der Waals surface area contributed by atoms with Gasteiger partial charge in [-0.15, -0.1) is 0 Å². The molecule has 78 valence electrons. The molecule has 0 aliphatic heterocycles. The van der Waals surface area contributed by atoms with Crippen LogP contribution in [0.1, 0.15) is 11.5 Å².